The van der Waals surface area contributed by atoms with Crippen LogP contribution in [0.2, 0.25) is 0 Å². The summed E-state index contributed by atoms with van der Waals surface area (Å²) in [7, 11) is 0. The van der Waals surface area contributed by atoms with Crippen molar-refractivity contribution in [2.75, 3.05) is 6.54 Å². The van der Waals surface area contributed by atoms with E-state index in [4.69, 9.17) is 5.11 Å². The lowest BCUT2D eigenvalue weighted by Gasteiger charge is -2.37. The van der Waals surface area contributed by atoms with Gasteiger partial charge in [-0.1, -0.05) is 6.42 Å². The number of nitrogens with zero attached hydrogens (tertiary/aromatic N) is 1. The number of carbonyl (C=O) groups is 2. The van der Waals surface area contributed by atoms with Crippen LogP contribution in [-0.2, 0) is 9.59 Å². The number of piperidine rings is 1. The van der Waals surface area contributed by atoms with E-state index in [0.29, 0.717) is 12.0 Å². The Kier molecular flexibility index (Phi) is 3.27. The third-order valence-electron chi connectivity index (χ3n) is 3.64. The number of likely N-dealkylation sites (tertiary alicyclic amines) is 1. The number of aliphatic carboxylic acids is 1. The van der Waals surface area contributed by atoms with Crippen molar-refractivity contribution in [1.82, 2.24) is 4.90 Å². The number of amides is 1. The number of carbonyl (C=O) groups excluding carboxylic acids is 1. The van der Waals surface area contributed by atoms with Gasteiger partial charge in [-0.15, -0.1) is 0 Å². The van der Waals surface area contributed by atoms with Gasteiger partial charge in [-0.05, 0) is 31.6 Å². The molecule has 1 aliphatic carbocycles. The topological polar surface area (TPSA) is 57.6 Å². The van der Waals surface area contributed by atoms with E-state index in [2.05, 4.69) is 0 Å². The second kappa shape index (κ2) is 4.68. The molecule has 0 aromatic heterocycles. The van der Waals surface area contributed by atoms with Crippen LogP contribution in [0.4, 0.5) is 0 Å². The van der Waals surface area contributed by atoms with Crippen molar-refractivity contribution in [3.63, 3.8) is 0 Å². The van der Waals surface area contributed by atoms with Crippen molar-refractivity contribution in [3.8, 4) is 0 Å². The van der Waals surface area contributed by atoms with Crippen LogP contribution in [0.15, 0.2) is 12.2 Å². The molecule has 0 radical (unpaired) electrons. The summed E-state index contributed by atoms with van der Waals surface area (Å²) in [4.78, 5) is 24.0. The first-order valence-corrected chi connectivity index (χ1v) is 5.90. The molecule has 0 aromatic rings. The van der Waals surface area contributed by atoms with E-state index in [9.17, 15) is 9.59 Å². The molecule has 4 nitrogen and oxygen atoms in total. The average molecular weight is 223 g/mol. The van der Waals surface area contributed by atoms with E-state index in [0.717, 1.165) is 25.5 Å². The molecule has 2 unspecified atom stereocenters. The van der Waals surface area contributed by atoms with E-state index in [1.54, 1.807) is 0 Å². The highest BCUT2D eigenvalue weighted by molar-refractivity contribution is 5.94. The third kappa shape index (κ3) is 2.26. The second-order valence-corrected chi connectivity index (χ2v) is 4.60. The predicted octanol–water partition coefficient (Wildman–Crippen LogP) is 1.42. The third-order valence-corrected chi connectivity index (χ3v) is 3.64. The summed E-state index contributed by atoms with van der Waals surface area (Å²) in [6, 6.07) is 0.361. The lowest BCUT2D eigenvalue weighted by Crippen LogP contribution is -2.45. The highest BCUT2D eigenvalue weighted by Gasteiger charge is 2.36. The Morgan fingerprint density at radius 2 is 1.88 bits per heavy atom. The molecule has 16 heavy (non-hydrogen) atoms. The van der Waals surface area contributed by atoms with E-state index in [-0.39, 0.29) is 5.91 Å². The van der Waals surface area contributed by atoms with Crippen LogP contribution in [0.1, 0.15) is 32.1 Å². The molecule has 0 spiro atoms. The summed E-state index contributed by atoms with van der Waals surface area (Å²) in [5, 5.41) is 8.49. The van der Waals surface area contributed by atoms with Crippen molar-refractivity contribution in [2.24, 2.45) is 5.92 Å². The van der Waals surface area contributed by atoms with E-state index in [1.807, 2.05) is 4.90 Å². The number of rotatable bonds is 2. The highest BCUT2D eigenvalue weighted by atomic mass is 16.4. The van der Waals surface area contributed by atoms with Crippen molar-refractivity contribution >= 4 is 11.9 Å². The van der Waals surface area contributed by atoms with Crippen molar-refractivity contribution in [3.05, 3.63) is 12.2 Å². The van der Waals surface area contributed by atoms with Crippen molar-refractivity contribution in [2.45, 2.75) is 38.1 Å². The molecule has 2 atom stereocenters. The Bertz CT molecular complexity index is 324. The molecule has 2 aliphatic rings. The lowest BCUT2D eigenvalue weighted by atomic mass is 9.92. The fourth-order valence-electron chi connectivity index (χ4n) is 2.97. The van der Waals surface area contributed by atoms with Gasteiger partial charge in [-0.3, -0.25) is 4.79 Å². The molecule has 1 N–H and O–H groups in total. The second-order valence-electron chi connectivity index (χ2n) is 4.60. The van der Waals surface area contributed by atoms with Gasteiger partial charge >= 0.3 is 5.97 Å². The highest BCUT2D eigenvalue weighted by Crippen LogP contribution is 2.36. The van der Waals surface area contributed by atoms with Crippen LogP contribution in [0.3, 0.4) is 0 Å². The average Bonchev–Trinajstić information content (AvgIpc) is 2.73. The fraction of sp³-hybridized carbons (Fsp3) is 0.667. The molecule has 1 amide bonds. The van der Waals surface area contributed by atoms with Crippen molar-refractivity contribution < 1.29 is 14.7 Å². The van der Waals surface area contributed by atoms with Gasteiger partial charge in [-0.2, -0.15) is 0 Å². The molecule has 0 bridgehead atoms. The van der Waals surface area contributed by atoms with Crippen LogP contribution < -0.4 is 0 Å². The summed E-state index contributed by atoms with van der Waals surface area (Å²) in [5.41, 5.74) is 0. The first kappa shape index (κ1) is 11.2. The SMILES string of the molecule is O=C(O)C=CC(=O)N1CCCC2CCCC21. The zero-order valence-electron chi connectivity index (χ0n) is 9.26. The van der Waals surface area contributed by atoms with Crippen LogP contribution in [0.25, 0.3) is 0 Å². The van der Waals surface area contributed by atoms with Crippen LogP contribution in [0.5, 0.6) is 0 Å². The lowest BCUT2D eigenvalue weighted by molar-refractivity contribution is -0.133. The molecule has 1 saturated heterocycles. The maximum absolute atomic E-state index is 11.8. The molecular weight excluding hydrogens is 206 g/mol. The molecular formula is C12H17NO3. The Hall–Kier alpha value is -1.32. The minimum atomic E-state index is -1.06. The predicted molar refractivity (Wildman–Crippen MR) is 58.9 cm³/mol. The molecule has 1 aliphatic heterocycles. The Morgan fingerprint density at radius 3 is 2.62 bits per heavy atom. The van der Waals surface area contributed by atoms with Gasteiger partial charge in [0.05, 0.1) is 0 Å². The summed E-state index contributed by atoms with van der Waals surface area (Å²) >= 11 is 0. The standard InChI is InChI=1S/C12H17NO3/c14-11(6-7-12(15)16)13-8-2-4-9-3-1-5-10(9)13/h6-7,9-10H,1-5,8H2,(H,15,16). The molecule has 2 rings (SSSR count). The summed E-state index contributed by atoms with van der Waals surface area (Å²) in [6.45, 7) is 0.782. The Morgan fingerprint density at radius 1 is 1.12 bits per heavy atom. The normalized spacial score (nSPS) is 29.4. The Labute approximate surface area is 94.9 Å². The van der Waals surface area contributed by atoms with Gasteiger partial charge in [0.25, 0.3) is 0 Å². The van der Waals surface area contributed by atoms with E-state index in [1.165, 1.54) is 25.3 Å². The van der Waals surface area contributed by atoms with E-state index >= 15 is 0 Å². The zero-order valence-corrected chi connectivity index (χ0v) is 9.26. The van der Waals surface area contributed by atoms with Gasteiger partial charge in [0.2, 0.25) is 5.91 Å². The largest absolute Gasteiger partial charge is 0.478 e. The number of hydrogen-bond acceptors (Lipinski definition) is 2. The number of fused-ring (bicyclic) bond motifs is 1. The molecule has 2 fully saturated rings. The molecule has 1 heterocycles. The van der Waals surface area contributed by atoms with Gasteiger partial charge in [0.1, 0.15) is 0 Å². The van der Waals surface area contributed by atoms with Crippen LogP contribution in [-0.4, -0.2) is 34.5 Å². The quantitative estimate of drug-likeness (QED) is 0.720. The van der Waals surface area contributed by atoms with Gasteiger partial charge < -0.3 is 10.0 Å². The van der Waals surface area contributed by atoms with Gasteiger partial charge in [-0.25, -0.2) is 4.79 Å². The molecule has 0 aromatic carbocycles. The maximum atomic E-state index is 11.8. The minimum Gasteiger partial charge on any atom is -0.478 e. The van der Waals surface area contributed by atoms with Gasteiger partial charge in [0.15, 0.2) is 0 Å². The smallest absolute Gasteiger partial charge is 0.328 e. The number of carboxylic acids is 1. The Balaban J connectivity index is 2.02. The monoisotopic (exact) mass is 223 g/mol. The van der Waals surface area contributed by atoms with E-state index < -0.39 is 5.97 Å². The van der Waals surface area contributed by atoms with Gasteiger partial charge in [0, 0.05) is 24.7 Å². The zero-order chi connectivity index (χ0) is 11.5. The minimum absolute atomic E-state index is 0.140. The first-order valence-electron chi connectivity index (χ1n) is 5.90. The maximum Gasteiger partial charge on any atom is 0.328 e. The number of carboxylic acid groups (broad SMARTS) is 1. The molecule has 88 valence electrons. The van der Waals surface area contributed by atoms with Crippen molar-refractivity contribution in [1.29, 1.82) is 0 Å². The molecule has 1 saturated carbocycles. The first-order chi connectivity index (χ1) is 7.68. The fourth-order valence-corrected chi connectivity index (χ4v) is 2.97. The van der Waals surface area contributed by atoms with Crippen LogP contribution >= 0.6 is 0 Å². The summed E-state index contributed by atoms with van der Waals surface area (Å²) in [5.74, 6) is -0.553. The summed E-state index contributed by atoms with van der Waals surface area (Å²) in [6.07, 6.45) is 7.88. The number of hydrogen-bond donors (Lipinski definition) is 1. The summed E-state index contributed by atoms with van der Waals surface area (Å²) < 4.78 is 0. The molecule has 4 heteroatoms. The van der Waals surface area contributed by atoms with Crippen LogP contribution in [0, 0.1) is 5.92 Å².